The van der Waals surface area contributed by atoms with Gasteiger partial charge in [0.25, 0.3) is 5.91 Å². The van der Waals surface area contributed by atoms with Crippen LogP contribution in [0.15, 0.2) is 30.3 Å². The van der Waals surface area contributed by atoms with Crippen LogP contribution < -0.4 is 10.6 Å². The van der Waals surface area contributed by atoms with Crippen LogP contribution in [0.3, 0.4) is 0 Å². The molecule has 1 aliphatic heterocycles. The number of nitrogens with one attached hydrogen (secondary N) is 2. The van der Waals surface area contributed by atoms with E-state index in [1.165, 1.54) is 0 Å². The van der Waals surface area contributed by atoms with Crippen LogP contribution in [0.2, 0.25) is 0 Å². The number of morpholine rings is 1. The van der Waals surface area contributed by atoms with Crippen LogP contribution in [0.5, 0.6) is 0 Å². The van der Waals surface area contributed by atoms with Crippen LogP contribution in [0.1, 0.15) is 38.1 Å². The topological polar surface area (TPSA) is 70.7 Å². The highest BCUT2D eigenvalue weighted by Gasteiger charge is 2.28. The Labute approximate surface area is 162 Å². The molecule has 0 bridgehead atoms. The number of amides is 2. The van der Waals surface area contributed by atoms with Gasteiger partial charge in [-0.3, -0.25) is 14.5 Å². The average molecular weight is 376 g/mol. The van der Waals surface area contributed by atoms with Crippen LogP contribution >= 0.6 is 0 Å². The number of rotatable bonds is 8. The van der Waals surface area contributed by atoms with Crippen molar-refractivity contribution in [3.8, 4) is 0 Å². The number of hydrogen-bond acceptors (Lipinski definition) is 4. The van der Waals surface area contributed by atoms with E-state index in [1.807, 2.05) is 32.0 Å². The van der Waals surface area contributed by atoms with E-state index in [2.05, 4.69) is 29.4 Å². The minimum absolute atomic E-state index is 0.00134. The third kappa shape index (κ3) is 6.33. The number of hydrogen-bond donors (Lipinski definition) is 2. The fourth-order valence-electron chi connectivity index (χ4n) is 3.36. The minimum atomic E-state index is -0.560. The van der Waals surface area contributed by atoms with Crippen molar-refractivity contribution in [3.63, 3.8) is 0 Å². The van der Waals surface area contributed by atoms with Crippen molar-refractivity contribution in [1.82, 2.24) is 15.5 Å². The van der Waals surface area contributed by atoms with Crippen LogP contribution in [-0.4, -0.2) is 61.6 Å². The molecule has 1 aromatic carbocycles. The SMILES string of the molecule is CC(C)C(NC(=O)c1ccccc1)C(=O)NCC(C(C)C)N1CCOCC1. The molecule has 27 heavy (non-hydrogen) atoms. The van der Waals surface area contributed by atoms with Crippen molar-refractivity contribution in [2.24, 2.45) is 11.8 Å². The molecule has 0 radical (unpaired) electrons. The Morgan fingerprint density at radius 1 is 1.04 bits per heavy atom. The molecule has 1 fully saturated rings. The van der Waals surface area contributed by atoms with E-state index >= 15 is 0 Å². The zero-order chi connectivity index (χ0) is 19.8. The first kappa shape index (κ1) is 21.4. The van der Waals surface area contributed by atoms with Gasteiger partial charge in [0.1, 0.15) is 6.04 Å². The second-order valence-electron chi connectivity index (χ2n) is 7.77. The first-order valence-corrected chi connectivity index (χ1v) is 9.85. The largest absolute Gasteiger partial charge is 0.379 e. The van der Waals surface area contributed by atoms with Crippen LogP contribution in [0.4, 0.5) is 0 Å². The van der Waals surface area contributed by atoms with Gasteiger partial charge in [-0.1, -0.05) is 45.9 Å². The van der Waals surface area contributed by atoms with Gasteiger partial charge >= 0.3 is 0 Å². The van der Waals surface area contributed by atoms with Gasteiger partial charge in [-0.05, 0) is 24.0 Å². The Kier molecular flexibility index (Phi) is 8.25. The zero-order valence-electron chi connectivity index (χ0n) is 16.9. The van der Waals surface area contributed by atoms with Gasteiger partial charge in [-0.15, -0.1) is 0 Å². The quantitative estimate of drug-likeness (QED) is 0.728. The summed E-state index contributed by atoms with van der Waals surface area (Å²) in [6.45, 7) is 12.0. The summed E-state index contributed by atoms with van der Waals surface area (Å²) in [5.74, 6) is 0.0598. The molecule has 1 saturated heterocycles. The second-order valence-corrected chi connectivity index (χ2v) is 7.77. The maximum Gasteiger partial charge on any atom is 0.251 e. The molecule has 1 heterocycles. The van der Waals surface area contributed by atoms with Gasteiger partial charge in [-0.2, -0.15) is 0 Å². The fourth-order valence-corrected chi connectivity index (χ4v) is 3.36. The van der Waals surface area contributed by atoms with E-state index in [9.17, 15) is 9.59 Å². The second kappa shape index (κ2) is 10.4. The summed E-state index contributed by atoms with van der Waals surface area (Å²) in [7, 11) is 0. The molecule has 0 aliphatic carbocycles. The lowest BCUT2D eigenvalue weighted by Gasteiger charge is -2.37. The molecule has 2 atom stereocenters. The molecular formula is C21H33N3O3. The summed E-state index contributed by atoms with van der Waals surface area (Å²) >= 11 is 0. The Bertz CT molecular complexity index is 598. The van der Waals surface area contributed by atoms with E-state index in [4.69, 9.17) is 4.74 Å². The summed E-state index contributed by atoms with van der Waals surface area (Å²) < 4.78 is 5.43. The van der Waals surface area contributed by atoms with Crippen molar-refractivity contribution >= 4 is 11.8 Å². The van der Waals surface area contributed by atoms with Crippen molar-refractivity contribution in [2.45, 2.75) is 39.8 Å². The molecule has 6 heteroatoms. The lowest BCUT2D eigenvalue weighted by atomic mass is 10.00. The molecule has 2 unspecified atom stereocenters. The summed E-state index contributed by atoms with van der Waals surface area (Å²) in [4.78, 5) is 27.6. The Morgan fingerprint density at radius 2 is 1.67 bits per heavy atom. The zero-order valence-corrected chi connectivity index (χ0v) is 16.9. The maximum atomic E-state index is 12.8. The Balaban J connectivity index is 1.96. The van der Waals surface area contributed by atoms with E-state index in [0.717, 1.165) is 26.3 Å². The first-order valence-electron chi connectivity index (χ1n) is 9.85. The van der Waals surface area contributed by atoms with Crippen LogP contribution in [0.25, 0.3) is 0 Å². The monoisotopic (exact) mass is 375 g/mol. The summed E-state index contributed by atoms with van der Waals surface area (Å²) in [5.41, 5.74) is 0.560. The highest BCUT2D eigenvalue weighted by atomic mass is 16.5. The minimum Gasteiger partial charge on any atom is -0.379 e. The van der Waals surface area contributed by atoms with Crippen molar-refractivity contribution in [1.29, 1.82) is 0 Å². The predicted molar refractivity (Wildman–Crippen MR) is 107 cm³/mol. The molecule has 0 saturated carbocycles. The molecule has 6 nitrogen and oxygen atoms in total. The molecule has 0 spiro atoms. The molecule has 0 aromatic heterocycles. The number of carbonyl (C=O) groups excluding carboxylic acids is 2. The molecule has 1 aliphatic rings. The maximum absolute atomic E-state index is 12.8. The van der Waals surface area contributed by atoms with Crippen molar-refractivity contribution < 1.29 is 14.3 Å². The van der Waals surface area contributed by atoms with Crippen molar-refractivity contribution in [2.75, 3.05) is 32.8 Å². The third-order valence-electron chi connectivity index (χ3n) is 5.04. The summed E-state index contributed by atoms with van der Waals surface area (Å²) in [5, 5.41) is 5.94. The van der Waals surface area contributed by atoms with Crippen molar-refractivity contribution in [3.05, 3.63) is 35.9 Å². The Hall–Kier alpha value is -1.92. The normalized spacial score (nSPS) is 17.6. The molecular weight excluding hydrogens is 342 g/mol. The highest BCUT2D eigenvalue weighted by Crippen LogP contribution is 2.13. The molecule has 2 N–H and O–H groups in total. The lowest BCUT2D eigenvalue weighted by molar-refractivity contribution is -0.124. The highest BCUT2D eigenvalue weighted by molar-refractivity contribution is 5.97. The van der Waals surface area contributed by atoms with E-state index in [1.54, 1.807) is 12.1 Å². The number of benzene rings is 1. The van der Waals surface area contributed by atoms with E-state index in [-0.39, 0.29) is 23.8 Å². The number of nitrogens with zero attached hydrogens (tertiary/aromatic N) is 1. The van der Waals surface area contributed by atoms with Gasteiger partial charge in [-0.25, -0.2) is 0 Å². The molecule has 150 valence electrons. The number of carbonyl (C=O) groups is 2. The smallest absolute Gasteiger partial charge is 0.251 e. The first-order chi connectivity index (χ1) is 12.9. The average Bonchev–Trinajstić information content (AvgIpc) is 2.67. The van der Waals surface area contributed by atoms with Gasteiger partial charge in [0.05, 0.1) is 13.2 Å². The molecule has 2 amide bonds. The van der Waals surface area contributed by atoms with Gasteiger partial charge in [0.15, 0.2) is 0 Å². The molecule has 2 rings (SSSR count). The number of ether oxygens (including phenoxy) is 1. The van der Waals surface area contributed by atoms with Gasteiger partial charge in [0.2, 0.25) is 5.91 Å². The summed E-state index contributed by atoms with van der Waals surface area (Å²) in [6.07, 6.45) is 0. The standard InChI is InChI=1S/C21H33N3O3/c1-15(2)18(24-10-12-27-13-11-24)14-22-21(26)19(16(3)4)23-20(25)17-8-6-5-7-9-17/h5-9,15-16,18-19H,10-14H2,1-4H3,(H,22,26)(H,23,25). The molecule has 1 aromatic rings. The fraction of sp³-hybridized carbons (Fsp3) is 0.619. The van der Waals surface area contributed by atoms with Gasteiger partial charge < -0.3 is 15.4 Å². The van der Waals surface area contributed by atoms with Crippen LogP contribution in [-0.2, 0) is 9.53 Å². The van der Waals surface area contributed by atoms with E-state index < -0.39 is 6.04 Å². The summed E-state index contributed by atoms with van der Waals surface area (Å²) in [6, 6.07) is 8.69. The van der Waals surface area contributed by atoms with Gasteiger partial charge in [0, 0.05) is 31.2 Å². The van der Waals surface area contributed by atoms with Crippen LogP contribution in [0, 0.1) is 11.8 Å². The van der Waals surface area contributed by atoms with E-state index in [0.29, 0.717) is 18.0 Å². The third-order valence-corrected chi connectivity index (χ3v) is 5.04. The predicted octanol–water partition coefficient (Wildman–Crippen LogP) is 1.91. The lowest BCUT2D eigenvalue weighted by Crippen LogP contribution is -2.55. The Morgan fingerprint density at radius 3 is 2.22 bits per heavy atom.